The largest absolute Gasteiger partial charge is 0.488 e. The summed E-state index contributed by atoms with van der Waals surface area (Å²) in [6.07, 6.45) is 0.716. The van der Waals surface area contributed by atoms with E-state index in [9.17, 15) is 4.79 Å². The van der Waals surface area contributed by atoms with Gasteiger partial charge in [-0.05, 0) is 32.0 Å². The highest BCUT2D eigenvalue weighted by molar-refractivity contribution is 5.95. The number of ether oxygens (including phenoxy) is 3. The molecule has 1 aromatic carbocycles. The van der Waals surface area contributed by atoms with E-state index in [1.165, 1.54) is 0 Å². The van der Waals surface area contributed by atoms with Gasteiger partial charge < -0.3 is 19.9 Å². The molecule has 2 rings (SSSR count). The maximum atomic E-state index is 11.9. The number of rotatable bonds is 4. The minimum Gasteiger partial charge on any atom is -0.488 e. The number of esters is 1. The Balaban J connectivity index is 2.11. The van der Waals surface area contributed by atoms with Gasteiger partial charge in [0.05, 0.1) is 24.9 Å². The number of carbonyl (C=O) groups excluding carboxylic acids is 1. The van der Waals surface area contributed by atoms with E-state index in [-0.39, 0.29) is 12.2 Å². The number of nitrogens with two attached hydrogens (primary N) is 1. The van der Waals surface area contributed by atoms with Crippen LogP contribution >= 0.6 is 0 Å². The smallest absolute Gasteiger partial charge is 0.340 e. The highest BCUT2D eigenvalue weighted by Gasteiger charge is 2.19. The molecule has 1 aliphatic rings. The molecule has 0 radical (unpaired) electrons. The van der Waals surface area contributed by atoms with Crippen LogP contribution in [0, 0.1) is 0 Å². The Labute approximate surface area is 112 Å². The molecule has 0 aliphatic carbocycles. The quantitative estimate of drug-likeness (QED) is 0.666. The van der Waals surface area contributed by atoms with Gasteiger partial charge in [0.15, 0.2) is 0 Å². The molecule has 1 saturated heterocycles. The summed E-state index contributed by atoms with van der Waals surface area (Å²) in [5, 5.41) is 0. The number of anilines is 1. The molecule has 0 amide bonds. The molecule has 0 bridgehead atoms. The van der Waals surface area contributed by atoms with Gasteiger partial charge >= 0.3 is 5.97 Å². The SMILES string of the molecule is CC(C)OC(=O)c1cc(OC2CCOC2)ccc1N. The van der Waals surface area contributed by atoms with E-state index in [1.54, 1.807) is 32.0 Å². The Hall–Kier alpha value is -1.75. The molecule has 1 aromatic rings. The Morgan fingerprint density at radius 2 is 2.26 bits per heavy atom. The lowest BCUT2D eigenvalue weighted by molar-refractivity contribution is 0.0378. The first kappa shape index (κ1) is 13.7. The van der Waals surface area contributed by atoms with Gasteiger partial charge in [-0.2, -0.15) is 0 Å². The van der Waals surface area contributed by atoms with Crippen LogP contribution in [0.25, 0.3) is 0 Å². The molecule has 104 valence electrons. The van der Waals surface area contributed by atoms with Crippen LogP contribution in [0.2, 0.25) is 0 Å². The molecule has 19 heavy (non-hydrogen) atoms. The molecule has 0 aromatic heterocycles. The van der Waals surface area contributed by atoms with E-state index in [1.807, 2.05) is 0 Å². The van der Waals surface area contributed by atoms with Crippen molar-refractivity contribution in [2.24, 2.45) is 0 Å². The summed E-state index contributed by atoms with van der Waals surface area (Å²) in [6.45, 7) is 4.88. The van der Waals surface area contributed by atoms with Crippen molar-refractivity contribution in [1.82, 2.24) is 0 Å². The van der Waals surface area contributed by atoms with E-state index in [0.29, 0.717) is 30.2 Å². The van der Waals surface area contributed by atoms with Gasteiger partial charge in [0.2, 0.25) is 0 Å². The van der Waals surface area contributed by atoms with E-state index in [4.69, 9.17) is 19.9 Å². The summed E-state index contributed by atoms with van der Waals surface area (Å²) in [5.41, 5.74) is 6.52. The molecular weight excluding hydrogens is 246 g/mol. The number of nitrogen functional groups attached to an aromatic ring is 1. The maximum absolute atomic E-state index is 11.9. The topological polar surface area (TPSA) is 70.8 Å². The van der Waals surface area contributed by atoms with Gasteiger partial charge in [0.1, 0.15) is 11.9 Å². The fraction of sp³-hybridized carbons (Fsp3) is 0.500. The minimum absolute atomic E-state index is 0.0394. The summed E-state index contributed by atoms with van der Waals surface area (Å²) in [5.74, 6) is 0.182. The van der Waals surface area contributed by atoms with Crippen molar-refractivity contribution in [3.8, 4) is 5.75 Å². The first-order chi connectivity index (χ1) is 9.06. The van der Waals surface area contributed by atoms with Gasteiger partial charge in [-0.3, -0.25) is 0 Å². The van der Waals surface area contributed by atoms with E-state index in [0.717, 1.165) is 6.42 Å². The van der Waals surface area contributed by atoms with Crippen molar-refractivity contribution in [3.05, 3.63) is 23.8 Å². The van der Waals surface area contributed by atoms with Crippen molar-refractivity contribution in [3.63, 3.8) is 0 Å². The third-order valence-electron chi connectivity index (χ3n) is 2.78. The van der Waals surface area contributed by atoms with Crippen LogP contribution in [-0.2, 0) is 9.47 Å². The molecule has 1 heterocycles. The molecule has 1 fully saturated rings. The third-order valence-corrected chi connectivity index (χ3v) is 2.78. The van der Waals surface area contributed by atoms with Crippen LogP contribution in [0.15, 0.2) is 18.2 Å². The second-order valence-corrected chi connectivity index (χ2v) is 4.81. The first-order valence-electron chi connectivity index (χ1n) is 6.41. The molecule has 1 aliphatic heterocycles. The van der Waals surface area contributed by atoms with Crippen LogP contribution in [-0.4, -0.2) is 31.4 Å². The number of hydrogen-bond acceptors (Lipinski definition) is 5. The van der Waals surface area contributed by atoms with Gasteiger partial charge in [-0.25, -0.2) is 4.79 Å². The summed E-state index contributed by atoms with van der Waals surface area (Å²) < 4.78 is 16.1. The summed E-state index contributed by atoms with van der Waals surface area (Å²) in [6, 6.07) is 5.03. The molecule has 5 heteroatoms. The van der Waals surface area contributed by atoms with Crippen LogP contribution in [0.5, 0.6) is 5.75 Å². The Morgan fingerprint density at radius 3 is 2.89 bits per heavy atom. The normalized spacial score (nSPS) is 18.6. The van der Waals surface area contributed by atoms with Gasteiger partial charge in [0.25, 0.3) is 0 Å². The van der Waals surface area contributed by atoms with Gasteiger partial charge in [-0.15, -0.1) is 0 Å². The average molecular weight is 265 g/mol. The summed E-state index contributed by atoms with van der Waals surface area (Å²) >= 11 is 0. The van der Waals surface area contributed by atoms with Crippen LogP contribution < -0.4 is 10.5 Å². The maximum Gasteiger partial charge on any atom is 0.340 e. The molecular formula is C14H19NO4. The van der Waals surface area contributed by atoms with Crippen LogP contribution in [0.4, 0.5) is 5.69 Å². The highest BCUT2D eigenvalue weighted by atomic mass is 16.5. The molecule has 5 nitrogen and oxygen atoms in total. The number of carbonyl (C=O) groups is 1. The zero-order chi connectivity index (χ0) is 13.8. The average Bonchev–Trinajstić information content (AvgIpc) is 2.83. The zero-order valence-corrected chi connectivity index (χ0v) is 11.2. The number of hydrogen-bond donors (Lipinski definition) is 1. The monoisotopic (exact) mass is 265 g/mol. The van der Waals surface area contributed by atoms with Crippen LogP contribution in [0.3, 0.4) is 0 Å². The fourth-order valence-electron chi connectivity index (χ4n) is 1.86. The predicted molar refractivity (Wildman–Crippen MR) is 71.3 cm³/mol. The standard InChI is InChI=1S/C14H19NO4/c1-9(2)18-14(16)12-7-10(3-4-13(12)15)19-11-5-6-17-8-11/h3-4,7,9,11H,5-6,8,15H2,1-2H3. The highest BCUT2D eigenvalue weighted by Crippen LogP contribution is 2.23. The molecule has 1 unspecified atom stereocenters. The van der Waals surface area contributed by atoms with Gasteiger partial charge in [-0.1, -0.05) is 0 Å². The number of benzene rings is 1. The summed E-state index contributed by atoms with van der Waals surface area (Å²) in [4.78, 5) is 11.9. The lowest BCUT2D eigenvalue weighted by atomic mass is 10.1. The second kappa shape index (κ2) is 5.93. The predicted octanol–water partition coefficient (Wildman–Crippen LogP) is 2.00. The van der Waals surface area contributed by atoms with Crippen molar-refractivity contribution < 1.29 is 19.0 Å². The second-order valence-electron chi connectivity index (χ2n) is 4.81. The van der Waals surface area contributed by atoms with Crippen molar-refractivity contribution in [2.45, 2.75) is 32.5 Å². The zero-order valence-electron chi connectivity index (χ0n) is 11.2. The minimum atomic E-state index is -0.430. The van der Waals surface area contributed by atoms with Crippen molar-refractivity contribution >= 4 is 11.7 Å². The molecule has 2 N–H and O–H groups in total. The Bertz CT molecular complexity index is 453. The molecule has 0 saturated carbocycles. The lowest BCUT2D eigenvalue weighted by Gasteiger charge is -2.14. The lowest BCUT2D eigenvalue weighted by Crippen LogP contribution is -2.17. The van der Waals surface area contributed by atoms with E-state index in [2.05, 4.69) is 0 Å². The summed E-state index contributed by atoms with van der Waals surface area (Å²) in [7, 11) is 0. The Kier molecular flexibility index (Phi) is 4.27. The van der Waals surface area contributed by atoms with Gasteiger partial charge in [0, 0.05) is 12.1 Å². The fourth-order valence-corrected chi connectivity index (χ4v) is 1.86. The van der Waals surface area contributed by atoms with Crippen LogP contribution in [0.1, 0.15) is 30.6 Å². The third kappa shape index (κ3) is 3.61. The first-order valence-corrected chi connectivity index (χ1v) is 6.41. The molecule has 0 spiro atoms. The Morgan fingerprint density at radius 1 is 1.47 bits per heavy atom. The van der Waals surface area contributed by atoms with E-state index < -0.39 is 5.97 Å². The van der Waals surface area contributed by atoms with Crippen molar-refractivity contribution in [2.75, 3.05) is 18.9 Å². The van der Waals surface area contributed by atoms with E-state index >= 15 is 0 Å². The van der Waals surface area contributed by atoms with Crippen molar-refractivity contribution in [1.29, 1.82) is 0 Å². The molecule has 1 atom stereocenters.